The van der Waals surface area contributed by atoms with Gasteiger partial charge in [0.2, 0.25) is 0 Å². The summed E-state index contributed by atoms with van der Waals surface area (Å²) in [5.41, 5.74) is 0.652. The number of hydrogen-bond donors (Lipinski definition) is 1. The lowest BCUT2D eigenvalue weighted by atomic mass is 10.1. The number of likely N-dealkylation sites (tertiary alicyclic amines) is 1. The monoisotopic (exact) mass is 276 g/mol. The number of benzene rings is 1. The van der Waals surface area contributed by atoms with Crippen LogP contribution in [0.3, 0.4) is 0 Å². The molecule has 1 aromatic carbocycles. The molecule has 1 N–H and O–H groups in total. The predicted molar refractivity (Wildman–Crippen MR) is 73.9 cm³/mol. The molecule has 0 atom stereocenters. The van der Waals surface area contributed by atoms with E-state index in [1.807, 2.05) is 18.2 Å². The first-order valence-electron chi connectivity index (χ1n) is 6.28. The molecule has 5 heteroatoms. The highest BCUT2D eigenvalue weighted by molar-refractivity contribution is 7.99. The minimum absolute atomic E-state index is 0.00654. The van der Waals surface area contributed by atoms with Crippen molar-refractivity contribution in [1.82, 2.24) is 4.90 Å². The number of carbonyl (C=O) groups is 1. The third-order valence-corrected chi connectivity index (χ3v) is 4.10. The molecule has 100 valence electrons. The summed E-state index contributed by atoms with van der Waals surface area (Å²) >= 11 is 1.38. The van der Waals surface area contributed by atoms with E-state index in [0.29, 0.717) is 37.2 Å². The van der Waals surface area contributed by atoms with Crippen molar-refractivity contribution in [3.63, 3.8) is 0 Å². The van der Waals surface area contributed by atoms with Crippen LogP contribution in [0.5, 0.6) is 0 Å². The van der Waals surface area contributed by atoms with Crippen molar-refractivity contribution < 1.29 is 9.90 Å². The molecule has 4 nitrogen and oxygen atoms in total. The first kappa shape index (κ1) is 13.9. The fourth-order valence-electron chi connectivity index (χ4n) is 2.12. The van der Waals surface area contributed by atoms with Gasteiger partial charge in [0.15, 0.2) is 0 Å². The van der Waals surface area contributed by atoms with Gasteiger partial charge in [0.25, 0.3) is 5.91 Å². The molecule has 1 saturated heterocycles. The third-order valence-electron chi connectivity index (χ3n) is 3.16. The zero-order valence-electron chi connectivity index (χ0n) is 10.6. The molecule has 0 spiro atoms. The number of aliphatic hydroxyl groups is 1. The van der Waals surface area contributed by atoms with Crippen molar-refractivity contribution >= 4 is 17.7 Å². The zero-order valence-corrected chi connectivity index (χ0v) is 11.4. The number of rotatable bonds is 3. The molecular weight excluding hydrogens is 260 g/mol. The Morgan fingerprint density at radius 1 is 1.42 bits per heavy atom. The van der Waals surface area contributed by atoms with Crippen molar-refractivity contribution in [1.29, 1.82) is 5.26 Å². The summed E-state index contributed by atoms with van der Waals surface area (Å²) in [6, 6.07) is 9.45. The highest BCUT2D eigenvalue weighted by Gasteiger charge is 2.23. The maximum absolute atomic E-state index is 12.4. The Hall–Kier alpha value is -1.51. The van der Waals surface area contributed by atoms with Gasteiger partial charge in [-0.1, -0.05) is 12.1 Å². The van der Waals surface area contributed by atoms with Crippen LogP contribution >= 0.6 is 11.8 Å². The number of nitriles is 1. The van der Waals surface area contributed by atoms with E-state index in [0.717, 1.165) is 4.90 Å². The van der Waals surface area contributed by atoms with Crippen molar-refractivity contribution in [2.24, 2.45) is 0 Å². The van der Waals surface area contributed by atoms with Crippen molar-refractivity contribution in [2.45, 2.75) is 23.8 Å². The van der Waals surface area contributed by atoms with E-state index in [9.17, 15) is 9.90 Å². The summed E-state index contributed by atoms with van der Waals surface area (Å²) in [7, 11) is 0. The summed E-state index contributed by atoms with van der Waals surface area (Å²) in [4.78, 5) is 15.1. The normalized spacial score (nSPS) is 16.1. The highest BCUT2D eigenvalue weighted by Crippen LogP contribution is 2.24. The summed E-state index contributed by atoms with van der Waals surface area (Å²) < 4.78 is 0. The van der Waals surface area contributed by atoms with Crippen LogP contribution in [0.2, 0.25) is 0 Å². The topological polar surface area (TPSA) is 64.3 Å². The molecule has 1 aliphatic heterocycles. The van der Waals surface area contributed by atoms with Gasteiger partial charge in [-0.3, -0.25) is 4.79 Å². The summed E-state index contributed by atoms with van der Waals surface area (Å²) in [6.45, 7) is 1.19. The molecule has 1 amide bonds. The molecular formula is C14H16N2O2S. The summed E-state index contributed by atoms with van der Waals surface area (Å²) in [5.74, 6) is 0.330. The smallest absolute Gasteiger partial charge is 0.254 e. The third kappa shape index (κ3) is 3.49. The lowest BCUT2D eigenvalue weighted by Gasteiger charge is -2.30. The summed E-state index contributed by atoms with van der Waals surface area (Å²) in [6.07, 6.45) is 0.991. The SMILES string of the molecule is N#CCSc1ccccc1C(=O)N1CCC(O)CC1. The van der Waals surface area contributed by atoms with Gasteiger partial charge in [-0.05, 0) is 25.0 Å². The van der Waals surface area contributed by atoms with Gasteiger partial charge in [-0.15, -0.1) is 11.8 Å². The number of nitrogens with zero attached hydrogens (tertiary/aromatic N) is 2. The van der Waals surface area contributed by atoms with Crippen molar-refractivity contribution in [2.75, 3.05) is 18.8 Å². The second-order valence-electron chi connectivity index (χ2n) is 4.47. The van der Waals surface area contributed by atoms with Crippen molar-refractivity contribution in [3.05, 3.63) is 29.8 Å². The van der Waals surface area contributed by atoms with E-state index < -0.39 is 0 Å². The molecule has 0 aromatic heterocycles. The Kier molecular flexibility index (Phi) is 4.83. The standard InChI is InChI=1S/C14H16N2O2S/c15-7-10-19-13-4-2-1-3-12(13)14(18)16-8-5-11(17)6-9-16/h1-4,11,17H,5-6,8-10H2. The van der Waals surface area contributed by atoms with Gasteiger partial charge < -0.3 is 10.0 Å². The number of aliphatic hydroxyl groups excluding tert-OH is 1. The van der Waals surface area contributed by atoms with E-state index in [1.54, 1.807) is 11.0 Å². The van der Waals surface area contributed by atoms with Crippen LogP contribution in [0.1, 0.15) is 23.2 Å². The van der Waals surface area contributed by atoms with E-state index >= 15 is 0 Å². The number of hydrogen-bond acceptors (Lipinski definition) is 4. The van der Waals surface area contributed by atoms with Gasteiger partial charge in [0, 0.05) is 18.0 Å². The maximum atomic E-state index is 12.4. The van der Waals surface area contributed by atoms with E-state index in [4.69, 9.17) is 5.26 Å². The average Bonchev–Trinajstić information content (AvgIpc) is 2.45. The van der Waals surface area contributed by atoms with E-state index in [2.05, 4.69) is 6.07 Å². The van der Waals surface area contributed by atoms with Crippen LogP contribution in [0, 0.1) is 11.3 Å². The minimum Gasteiger partial charge on any atom is -0.393 e. The predicted octanol–water partition coefficient (Wildman–Crippen LogP) is 1.90. The molecule has 1 fully saturated rings. The van der Waals surface area contributed by atoms with Crippen molar-refractivity contribution in [3.8, 4) is 6.07 Å². The van der Waals surface area contributed by atoms with Gasteiger partial charge in [-0.2, -0.15) is 5.26 Å². The fraction of sp³-hybridized carbons (Fsp3) is 0.429. The highest BCUT2D eigenvalue weighted by atomic mass is 32.2. The molecule has 1 aliphatic rings. The second kappa shape index (κ2) is 6.60. The van der Waals surface area contributed by atoms with Crippen LogP contribution < -0.4 is 0 Å². The van der Waals surface area contributed by atoms with Crippen LogP contribution in [0.15, 0.2) is 29.2 Å². The Morgan fingerprint density at radius 3 is 2.79 bits per heavy atom. The molecule has 19 heavy (non-hydrogen) atoms. The second-order valence-corrected chi connectivity index (χ2v) is 5.48. The lowest BCUT2D eigenvalue weighted by Crippen LogP contribution is -2.40. The van der Waals surface area contributed by atoms with Crippen LogP contribution in [0.25, 0.3) is 0 Å². The molecule has 1 aromatic rings. The van der Waals surface area contributed by atoms with Crippen LogP contribution in [-0.2, 0) is 0 Å². The fourth-order valence-corrected chi connectivity index (χ4v) is 2.82. The number of amides is 1. The minimum atomic E-state index is -0.285. The quantitative estimate of drug-likeness (QED) is 0.856. The summed E-state index contributed by atoms with van der Waals surface area (Å²) in [5, 5.41) is 18.1. The Labute approximate surface area is 117 Å². The van der Waals surface area contributed by atoms with Crippen LogP contribution in [0.4, 0.5) is 0 Å². The lowest BCUT2D eigenvalue weighted by molar-refractivity contribution is 0.0543. The molecule has 2 rings (SSSR count). The average molecular weight is 276 g/mol. The van der Waals surface area contributed by atoms with E-state index in [-0.39, 0.29) is 12.0 Å². The molecule has 0 bridgehead atoms. The van der Waals surface area contributed by atoms with E-state index in [1.165, 1.54) is 11.8 Å². The molecule has 0 unspecified atom stereocenters. The maximum Gasteiger partial charge on any atom is 0.254 e. The Morgan fingerprint density at radius 2 is 2.11 bits per heavy atom. The largest absolute Gasteiger partial charge is 0.393 e. The number of piperidine rings is 1. The molecule has 0 radical (unpaired) electrons. The molecule has 1 heterocycles. The molecule has 0 saturated carbocycles. The van der Waals surface area contributed by atoms with Gasteiger partial charge in [0.05, 0.1) is 23.5 Å². The Bertz CT molecular complexity index is 490. The number of thioether (sulfide) groups is 1. The first-order valence-corrected chi connectivity index (χ1v) is 7.27. The van der Waals surface area contributed by atoms with Gasteiger partial charge in [0.1, 0.15) is 0 Å². The zero-order chi connectivity index (χ0) is 13.7. The number of carbonyl (C=O) groups excluding carboxylic acids is 1. The Balaban J connectivity index is 2.12. The van der Waals surface area contributed by atoms with Crippen LogP contribution in [-0.4, -0.2) is 40.9 Å². The van der Waals surface area contributed by atoms with Gasteiger partial charge >= 0.3 is 0 Å². The van der Waals surface area contributed by atoms with Gasteiger partial charge in [-0.25, -0.2) is 0 Å². The molecule has 0 aliphatic carbocycles. The first-order chi connectivity index (χ1) is 9.22.